The highest BCUT2D eigenvalue weighted by Gasteiger charge is 2.26. The van der Waals surface area contributed by atoms with E-state index < -0.39 is 10.0 Å². The molecule has 2 atom stereocenters. The molecule has 0 radical (unpaired) electrons. The third-order valence-electron chi connectivity index (χ3n) is 4.02. The van der Waals surface area contributed by atoms with E-state index in [1.165, 1.54) is 31.3 Å². The number of rotatable bonds is 5. The molecule has 1 fully saturated rings. The average Bonchev–Trinajstić information content (AvgIpc) is 2.50. The molecular weight excluding hydrogens is 338 g/mol. The van der Waals surface area contributed by atoms with E-state index >= 15 is 0 Å². The zero-order valence-corrected chi connectivity index (χ0v) is 14.8. The molecule has 0 bridgehead atoms. The van der Waals surface area contributed by atoms with Crippen molar-refractivity contribution in [3.8, 4) is 0 Å². The standard InChI is InChI=1S/C15H22ClN3O3S/c1-11-9-17-8-7-14(11)18-15(20)10-19(2)23(21,22)13-5-3-12(16)4-6-13/h3-6,11,14,17H,7-10H2,1-2H3,(H,18,20). The number of carbonyl (C=O) groups excluding carboxylic acids is 1. The number of sulfonamides is 1. The molecule has 2 unspecified atom stereocenters. The van der Waals surface area contributed by atoms with Gasteiger partial charge in [0, 0.05) is 18.1 Å². The molecule has 6 nitrogen and oxygen atoms in total. The van der Waals surface area contributed by atoms with Crippen LogP contribution < -0.4 is 10.6 Å². The van der Waals surface area contributed by atoms with E-state index in [2.05, 4.69) is 17.6 Å². The van der Waals surface area contributed by atoms with Gasteiger partial charge in [-0.25, -0.2) is 8.42 Å². The van der Waals surface area contributed by atoms with Crippen LogP contribution in [0.25, 0.3) is 0 Å². The lowest BCUT2D eigenvalue weighted by molar-refractivity contribution is -0.122. The van der Waals surface area contributed by atoms with Crippen LogP contribution in [0, 0.1) is 5.92 Å². The third kappa shape index (κ3) is 4.67. The fourth-order valence-corrected chi connectivity index (χ4v) is 3.81. The Bertz CT molecular complexity index is 648. The molecule has 2 N–H and O–H groups in total. The molecule has 1 amide bonds. The first-order valence-corrected chi connectivity index (χ1v) is 9.34. The Balaban J connectivity index is 1.98. The maximum absolute atomic E-state index is 12.4. The number of piperidine rings is 1. The average molecular weight is 360 g/mol. The summed E-state index contributed by atoms with van der Waals surface area (Å²) < 4.78 is 25.9. The summed E-state index contributed by atoms with van der Waals surface area (Å²) >= 11 is 5.77. The summed E-state index contributed by atoms with van der Waals surface area (Å²) in [5.74, 6) is 0.0367. The number of carbonyl (C=O) groups is 1. The number of hydrogen-bond donors (Lipinski definition) is 2. The molecule has 0 aliphatic carbocycles. The molecule has 1 aromatic carbocycles. The molecule has 0 spiro atoms. The van der Waals surface area contributed by atoms with Crippen molar-refractivity contribution in [2.45, 2.75) is 24.3 Å². The van der Waals surface area contributed by atoms with Gasteiger partial charge >= 0.3 is 0 Å². The normalized spacial score (nSPS) is 22.1. The van der Waals surface area contributed by atoms with E-state index in [9.17, 15) is 13.2 Å². The van der Waals surface area contributed by atoms with Crippen molar-refractivity contribution in [2.24, 2.45) is 5.92 Å². The van der Waals surface area contributed by atoms with Crippen molar-refractivity contribution in [1.29, 1.82) is 0 Å². The molecule has 1 heterocycles. The Hall–Kier alpha value is -1.15. The Morgan fingerprint density at radius 1 is 1.39 bits per heavy atom. The summed E-state index contributed by atoms with van der Waals surface area (Å²) in [7, 11) is -2.31. The lowest BCUT2D eigenvalue weighted by atomic mass is 9.95. The van der Waals surface area contributed by atoms with Crippen LogP contribution in [0.4, 0.5) is 0 Å². The third-order valence-corrected chi connectivity index (χ3v) is 6.09. The summed E-state index contributed by atoms with van der Waals surface area (Å²) in [4.78, 5) is 12.3. The van der Waals surface area contributed by atoms with Crippen LogP contribution in [0.1, 0.15) is 13.3 Å². The van der Waals surface area contributed by atoms with E-state index in [-0.39, 0.29) is 23.4 Å². The van der Waals surface area contributed by atoms with Crippen molar-refractivity contribution < 1.29 is 13.2 Å². The van der Waals surface area contributed by atoms with Crippen LogP contribution in [-0.2, 0) is 14.8 Å². The Kier molecular flexibility index (Phi) is 6.02. The van der Waals surface area contributed by atoms with Gasteiger partial charge in [0.2, 0.25) is 15.9 Å². The molecule has 1 saturated heterocycles. The number of nitrogens with one attached hydrogen (secondary N) is 2. The molecule has 128 valence electrons. The number of nitrogens with zero attached hydrogens (tertiary/aromatic N) is 1. The van der Waals surface area contributed by atoms with Crippen molar-refractivity contribution in [2.75, 3.05) is 26.7 Å². The van der Waals surface area contributed by atoms with Gasteiger partial charge in [-0.3, -0.25) is 4.79 Å². The first-order valence-electron chi connectivity index (χ1n) is 7.52. The Morgan fingerprint density at radius 3 is 2.65 bits per heavy atom. The molecule has 1 aliphatic heterocycles. The van der Waals surface area contributed by atoms with Crippen LogP contribution in [0.15, 0.2) is 29.2 Å². The second-order valence-corrected chi connectivity index (χ2v) is 8.34. The van der Waals surface area contributed by atoms with E-state index in [1.807, 2.05) is 0 Å². The van der Waals surface area contributed by atoms with Gasteiger partial charge in [-0.1, -0.05) is 18.5 Å². The van der Waals surface area contributed by atoms with Crippen LogP contribution in [0.5, 0.6) is 0 Å². The summed E-state index contributed by atoms with van der Waals surface area (Å²) in [6.07, 6.45) is 0.848. The lowest BCUT2D eigenvalue weighted by Gasteiger charge is -2.30. The monoisotopic (exact) mass is 359 g/mol. The minimum Gasteiger partial charge on any atom is -0.352 e. The minimum absolute atomic E-state index is 0.0791. The van der Waals surface area contributed by atoms with Gasteiger partial charge in [0.1, 0.15) is 0 Å². The highest BCUT2D eigenvalue weighted by Crippen LogP contribution is 2.17. The molecule has 1 aromatic rings. The molecular formula is C15H22ClN3O3S. The SMILES string of the molecule is CC1CNCCC1NC(=O)CN(C)S(=O)(=O)c1ccc(Cl)cc1. The second kappa shape index (κ2) is 7.61. The van der Waals surface area contributed by atoms with Crippen molar-refractivity contribution in [3.63, 3.8) is 0 Å². The zero-order chi connectivity index (χ0) is 17.0. The van der Waals surface area contributed by atoms with Gasteiger partial charge in [0.15, 0.2) is 0 Å². The first-order chi connectivity index (χ1) is 10.8. The minimum atomic E-state index is -3.70. The largest absolute Gasteiger partial charge is 0.352 e. The Morgan fingerprint density at radius 2 is 2.04 bits per heavy atom. The molecule has 1 aliphatic rings. The maximum Gasteiger partial charge on any atom is 0.243 e. The predicted molar refractivity (Wildman–Crippen MR) is 89.8 cm³/mol. The van der Waals surface area contributed by atoms with E-state index in [4.69, 9.17) is 11.6 Å². The molecule has 0 saturated carbocycles. The van der Waals surface area contributed by atoms with Crippen LogP contribution in [0.2, 0.25) is 5.02 Å². The number of benzene rings is 1. The fraction of sp³-hybridized carbons (Fsp3) is 0.533. The summed E-state index contributed by atoms with van der Waals surface area (Å²) in [5.41, 5.74) is 0. The zero-order valence-electron chi connectivity index (χ0n) is 13.3. The summed E-state index contributed by atoms with van der Waals surface area (Å²) in [6.45, 7) is 3.56. The maximum atomic E-state index is 12.4. The van der Waals surface area contributed by atoms with Gasteiger partial charge in [0.25, 0.3) is 0 Å². The smallest absolute Gasteiger partial charge is 0.243 e. The van der Waals surface area contributed by atoms with Gasteiger partial charge in [-0.2, -0.15) is 4.31 Å². The summed E-state index contributed by atoms with van der Waals surface area (Å²) in [5, 5.41) is 6.65. The highest BCUT2D eigenvalue weighted by molar-refractivity contribution is 7.89. The van der Waals surface area contributed by atoms with Gasteiger partial charge < -0.3 is 10.6 Å². The molecule has 23 heavy (non-hydrogen) atoms. The van der Waals surface area contributed by atoms with Crippen molar-refractivity contribution >= 4 is 27.5 Å². The predicted octanol–water partition coefficient (Wildman–Crippen LogP) is 1.07. The Labute approximate surface area is 142 Å². The van der Waals surface area contributed by atoms with E-state index in [0.29, 0.717) is 10.9 Å². The fourth-order valence-electron chi connectivity index (χ4n) is 2.55. The highest BCUT2D eigenvalue weighted by atomic mass is 35.5. The van der Waals surface area contributed by atoms with E-state index in [0.717, 1.165) is 23.8 Å². The number of likely N-dealkylation sites (N-methyl/N-ethyl adjacent to an activating group) is 1. The molecule has 0 aromatic heterocycles. The van der Waals surface area contributed by atoms with Gasteiger partial charge in [0.05, 0.1) is 11.4 Å². The van der Waals surface area contributed by atoms with Crippen molar-refractivity contribution in [1.82, 2.24) is 14.9 Å². The number of amides is 1. The van der Waals surface area contributed by atoms with Crippen molar-refractivity contribution in [3.05, 3.63) is 29.3 Å². The van der Waals surface area contributed by atoms with E-state index in [1.54, 1.807) is 0 Å². The summed E-state index contributed by atoms with van der Waals surface area (Å²) in [6, 6.07) is 5.97. The second-order valence-electron chi connectivity index (χ2n) is 5.86. The lowest BCUT2D eigenvalue weighted by Crippen LogP contribution is -2.50. The molecule has 8 heteroatoms. The van der Waals surface area contributed by atoms with Gasteiger partial charge in [-0.05, 0) is 49.7 Å². The van der Waals surface area contributed by atoms with Crippen LogP contribution in [0.3, 0.4) is 0 Å². The van der Waals surface area contributed by atoms with Crippen LogP contribution in [-0.4, -0.2) is 51.4 Å². The number of halogens is 1. The van der Waals surface area contributed by atoms with Crippen LogP contribution >= 0.6 is 11.6 Å². The topological polar surface area (TPSA) is 78.5 Å². The quantitative estimate of drug-likeness (QED) is 0.824. The first kappa shape index (κ1) is 18.2. The molecule has 2 rings (SSSR count). The van der Waals surface area contributed by atoms with Gasteiger partial charge in [-0.15, -0.1) is 0 Å². The number of hydrogen-bond acceptors (Lipinski definition) is 4.